The number of carbonyl (C=O) groups is 1. The van der Waals surface area contributed by atoms with Gasteiger partial charge in [-0.1, -0.05) is 12.1 Å². The van der Waals surface area contributed by atoms with Crippen LogP contribution in [0.3, 0.4) is 0 Å². The fourth-order valence-corrected chi connectivity index (χ4v) is 4.04. The quantitative estimate of drug-likeness (QED) is 0.630. The fraction of sp³-hybridized carbons (Fsp3) is 0.348. The molecule has 2 atom stereocenters. The smallest absolute Gasteiger partial charge is 0.261 e. The number of Topliss-reactive ketones (excluding diaryl/α,β-unsaturated/α-hetero) is 1. The molecule has 0 unspecified atom stereocenters. The van der Waals surface area contributed by atoms with Gasteiger partial charge in [0.15, 0.2) is 5.78 Å². The monoisotopic (exact) mass is 445 g/mol. The molecular formula is C23H25ClFN3O3. The van der Waals surface area contributed by atoms with Crippen LogP contribution in [0.5, 0.6) is 0 Å². The molecule has 6 nitrogen and oxygen atoms in total. The number of aliphatic hydroxyl groups excluding tert-OH is 1. The maximum Gasteiger partial charge on any atom is 0.261 e. The average Bonchev–Trinajstić information content (AvgIpc) is 2.72. The van der Waals surface area contributed by atoms with Crippen molar-refractivity contribution in [2.45, 2.75) is 44.9 Å². The molecule has 31 heavy (non-hydrogen) atoms. The first-order valence-corrected chi connectivity index (χ1v) is 10.1. The SMILES string of the molecule is Cc1cc(-c2cccc(F)c2)cc2c(=O)n(CC(=O)C[C@H]3NCCC[C@@H]3O)cnc12.Cl. The van der Waals surface area contributed by atoms with E-state index in [4.69, 9.17) is 0 Å². The van der Waals surface area contributed by atoms with E-state index < -0.39 is 6.10 Å². The van der Waals surface area contributed by atoms with Crippen molar-refractivity contribution in [2.75, 3.05) is 6.54 Å². The number of rotatable bonds is 5. The number of aromatic nitrogens is 2. The van der Waals surface area contributed by atoms with E-state index in [0.717, 1.165) is 24.1 Å². The number of halogens is 2. The lowest BCUT2D eigenvalue weighted by molar-refractivity contribution is -0.121. The lowest BCUT2D eigenvalue weighted by atomic mass is 9.97. The number of fused-ring (bicyclic) bond motifs is 1. The molecule has 4 rings (SSSR count). The van der Waals surface area contributed by atoms with Crippen molar-refractivity contribution in [2.24, 2.45) is 0 Å². The van der Waals surface area contributed by atoms with E-state index >= 15 is 0 Å². The Morgan fingerprint density at radius 2 is 2.10 bits per heavy atom. The highest BCUT2D eigenvalue weighted by Gasteiger charge is 2.25. The second kappa shape index (κ2) is 9.68. The van der Waals surface area contributed by atoms with Crippen molar-refractivity contribution < 1.29 is 14.3 Å². The van der Waals surface area contributed by atoms with Crippen LogP contribution in [0.25, 0.3) is 22.0 Å². The zero-order valence-electron chi connectivity index (χ0n) is 17.2. The van der Waals surface area contributed by atoms with Gasteiger partial charge in [0.1, 0.15) is 5.82 Å². The van der Waals surface area contributed by atoms with Crippen LogP contribution in [-0.2, 0) is 11.3 Å². The predicted octanol–water partition coefficient (Wildman–Crippen LogP) is 3.00. The number of nitrogens with zero attached hydrogens (tertiary/aromatic N) is 2. The van der Waals surface area contributed by atoms with Crippen molar-refractivity contribution >= 4 is 29.1 Å². The number of benzene rings is 2. The normalized spacial score (nSPS) is 18.5. The minimum atomic E-state index is -0.550. The third-order valence-corrected chi connectivity index (χ3v) is 5.62. The van der Waals surface area contributed by atoms with Crippen LogP contribution in [0.4, 0.5) is 4.39 Å². The first-order chi connectivity index (χ1) is 14.4. The summed E-state index contributed by atoms with van der Waals surface area (Å²) in [5.41, 5.74) is 2.44. The molecule has 164 valence electrons. The van der Waals surface area contributed by atoms with E-state index in [1.807, 2.05) is 13.0 Å². The summed E-state index contributed by atoms with van der Waals surface area (Å²) in [6, 6.07) is 9.48. The Bertz CT molecular complexity index is 1160. The molecule has 0 radical (unpaired) electrons. The molecular weight excluding hydrogens is 421 g/mol. The number of ketones is 1. The van der Waals surface area contributed by atoms with Crippen LogP contribution in [0.1, 0.15) is 24.8 Å². The van der Waals surface area contributed by atoms with Crippen molar-refractivity contribution in [3.8, 4) is 11.1 Å². The topological polar surface area (TPSA) is 84.2 Å². The molecule has 8 heteroatoms. The van der Waals surface area contributed by atoms with E-state index in [0.29, 0.717) is 22.9 Å². The fourth-order valence-electron chi connectivity index (χ4n) is 4.04. The van der Waals surface area contributed by atoms with Gasteiger partial charge in [0, 0.05) is 12.5 Å². The standard InChI is InChI=1S/C23H24FN3O3.ClH/c1-14-8-16(15-4-2-5-17(24)9-15)10-19-22(14)26-13-27(23(19)30)12-18(28)11-20-21(29)6-3-7-25-20;/h2,4-5,8-10,13,20-21,25,29H,3,6-7,11-12H2,1H3;1H/t20-,21+;/m1./s1. The Labute approximate surface area is 185 Å². The Hall–Kier alpha value is -2.61. The highest BCUT2D eigenvalue weighted by Crippen LogP contribution is 2.25. The summed E-state index contributed by atoms with van der Waals surface area (Å²) >= 11 is 0. The largest absolute Gasteiger partial charge is 0.391 e. The van der Waals surface area contributed by atoms with Gasteiger partial charge in [-0.3, -0.25) is 14.2 Å². The van der Waals surface area contributed by atoms with Crippen LogP contribution in [0.2, 0.25) is 0 Å². The highest BCUT2D eigenvalue weighted by molar-refractivity contribution is 5.87. The Kier molecular flexibility index (Phi) is 7.20. The number of aryl methyl sites for hydroxylation is 1. The summed E-state index contributed by atoms with van der Waals surface area (Å²) in [6.07, 6.45) is 2.55. The van der Waals surface area contributed by atoms with Gasteiger partial charge in [0.25, 0.3) is 5.56 Å². The minimum Gasteiger partial charge on any atom is -0.391 e. The molecule has 1 fully saturated rings. The summed E-state index contributed by atoms with van der Waals surface area (Å²) in [7, 11) is 0. The highest BCUT2D eigenvalue weighted by atomic mass is 35.5. The van der Waals surface area contributed by atoms with Crippen LogP contribution in [0, 0.1) is 12.7 Å². The van der Waals surface area contributed by atoms with Crippen molar-refractivity contribution in [3.05, 3.63) is 64.5 Å². The first-order valence-electron chi connectivity index (χ1n) is 10.1. The first kappa shape index (κ1) is 23.1. The van der Waals surface area contributed by atoms with Gasteiger partial charge >= 0.3 is 0 Å². The summed E-state index contributed by atoms with van der Waals surface area (Å²) in [6.45, 7) is 2.52. The van der Waals surface area contributed by atoms with Crippen molar-refractivity contribution in [3.63, 3.8) is 0 Å². The molecule has 1 aromatic heterocycles. The summed E-state index contributed by atoms with van der Waals surface area (Å²) in [4.78, 5) is 30.0. The molecule has 2 N–H and O–H groups in total. The van der Waals surface area contributed by atoms with Gasteiger partial charge in [0.2, 0.25) is 0 Å². The van der Waals surface area contributed by atoms with Crippen LogP contribution in [0.15, 0.2) is 47.5 Å². The average molecular weight is 446 g/mol. The number of aliphatic hydroxyl groups is 1. The molecule has 0 bridgehead atoms. The molecule has 0 amide bonds. The Morgan fingerprint density at radius 1 is 1.29 bits per heavy atom. The van der Waals surface area contributed by atoms with Crippen LogP contribution in [-0.4, -0.2) is 39.1 Å². The molecule has 1 aliphatic rings. The molecule has 0 spiro atoms. The molecule has 2 heterocycles. The molecule has 2 aromatic carbocycles. The Balaban J connectivity index is 0.00000272. The third kappa shape index (κ3) is 5.01. The third-order valence-electron chi connectivity index (χ3n) is 5.62. The number of nitrogens with one attached hydrogen (secondary N) is 1. The van der Waals surface area contributed by atoms with Gasteiger partial charge in [-0.05, 0) is 67.3 Å². The van der Waals surface area contributed by atoms with Gasteiger partial charge in [-0.25, -0.2) is 9.37 Å². The molecule has 1 saturated heterocycles. The minimum absolute atomic E-state index is 0. The maximum atomic E-state index is 13.6. The van der Waals surface area contributed by atoms with E-state index in [1.54, 1.807) is 18.2 Å². The molecule has 3 aromatic rings. The van der Waals surface area contributed by atoms with Crippen molar-refractivity contribution in [1.29, 1.82) is 0 Å². The second-order valence-electron chi connectivity index (χ2n) is 7.89. The van der Waals surface area contributed by atoms with Crippen LogP contribution >= 0.6 is 12.4 Å². The molecule has 0 saturated carbocycles. The van der Waals surface area contributed by atoms with Crippen molar-refractivity contribution in [1.82, 2.24) is 14.9 Å². The van der Waals surface area contributed by atoms with Gasteiger partial charge < -0.3 is 10.4 Å². The lowest BCUT2D eigenvalue weighted by Gasteiger charge is -2.28. The summed E-state index contributed by atoms with van der Waals surface area (Å²) < 4.78 is 14.9. The molecule has 0 aliphatic carbocycles. The van der Waals surface area contributed by atoms with E-state index in [9.17, 15) is 19.1 Å². The lowest BCUT2D eigenvalue weighted by Crippen LogP contribution is -2.46. The second-order valence-corrected chi connectivity index (χ2v) is 7.89. The van der Waals surface area contributed by atoms with Gasteiger partial charge in [-0.15, -0.1) is 12.4 Å². The predicted molar refractivity (Wildman–Crippen MR) is 120 cm³/mol. The zero-order chi connectivity index (χ0) is 21.3. The summed E-state index contributed by atoms with van der Waals surface area (Å²) in [5, 5.41) is 13.6. The zero-order valence-corrected chi connectivity index (χ0v) is 18.0. The van der Waals surface area contributed by atoms with Gasteiger partial charge in [-0.2, -0.15) is 0 Å². The summed E-state index contributed by atoms with van der Waals surface area (Å²) in [5.74, 6) is -0.493. The van der Waals surface area contributed by atoms with E-state index in [2.05, 4.69) is 10.3 Å². The van der Waals surface area contributed by atoms with Crippen LogP contribution < -0.4 is 10.9 Å². The number of hydrogen-bond donors (Lipinski definition) is 2. The number of carbonyl (C=O) groups excluding carboxylic acids is 1. The maximum absolute atomic E-state index is 13.6. The van der Waals surface area contributed by atoms with E-state index in [1.165, 1.54) is 23.0 Å². The van der Waals surface area contributed by atoms with E-state index in [-0.39, 0.29) is 48.6 Å². The number of piperidine rings is 1. The number of hydrogen-bond acceptors (Lipinski definition) is 5. The molecule has 1 aliphatic heterocycles. The Morgan fingerprint density at radius 3 is 2.84 bits per heavy atom. The van der Waals surface area contributed by atoms with Gasteiger partial charge in [0.05, 0.1) is 29.9 Å².